The van der Waals surface area contributed by atoms with Gasteiger partial charge in [0.15, 0.2) is 0 Å². The van der Waals surface area contributed by atoms with Crippen LogP contribution in [0.1, 0.15) is 11.1 Å². The van der Waals surface area contributed by atoms with Crippen LogP contribution >= 0.6 is 0 Å². The molecule has 15 heavy (non-hydrogen) atoms. The number of fused-ring (bicyclic) bond motifs is 3. The van der Waals surface area contributed by atoms with Gasteiger partial charge in [0.1, 0.15) is 0 Å². The van der Waals surface area contributed by atoms with Crippen molar-refractivity contribution in [1.82, 2.24) is 5.32 Å². The smallest absolute Gasteiger partial charge is 0.0656 e. The third-order valence-electron chi connectivity index (χ3n) is 2.65. The molecule has 0 unspecified atom stereocenters. The predicted molar refractivity (Wildman–Crippen MR) is 62.9 cm³/mol. The molecule has 0 aliphatic carbocycles. The summed E-state index contributed by atoms with van der Waals surface area (Å²) in [7, 11) is 0. The molecule has 0 atom stereocenters. The molecule has 76 valence electrons. The summed E-state index contributed by atoms with van der Waals surface area (Å²) < 4.78 is 0. The van der Waals surface area contributed by atoms with Gasteiger partial charge in [-0.05, 0) is 23.8 Å². The minimum Gasteiger partial charge on any atom is -0.372 e. The molecule has 0 bridgehead atoms. The first-order chi connectivity index (χ1) is 7.45. The average molecular weight is 200 g/mol. The third kappa shape index (κ3) is 1.39. The minimum absolute atomic E-state index is 0.818. The molecule has 0 saturated carbocycles. The molecule has 4 nitrogen and oxygen atoms in total. The standard InChI is InChI=1S/C11H12N4/c1-2-9-10(15-14-5-1)4-3-8-6-12-7-13-11(8)9/h1-5,12-13,15H,6-7H2. The molecular weight excluding hydrogens is 188 g/mol. The second-order valence-corrected chi connectivity index (χ2v) is 3.59. The third-order valence-corrected chi connectivity index (χ3v) is 2.65. The zero-order valence-corrected chi connectivity index (χ0v) is 8.25. The zero-order valence-electron chi connectivity index (χ0n) is 8.25. The van der Waals surface area contributed by atoms with Crippen molar-refractivity contribution in [2.24, 2.45) is 5.10 Å². The van der Waals surface area contributed by atoms with E-state index >= 15 is 0 Å². The first-order valence-corrected chi connectivity index (χ1v) is 5.01. The number of hydrazone groups is 1. The predicted octanol–water partition coefficient (Wildman–Crippen LogP) is 1.58. The van der Waals surface area contributed by atoms with Gasteiger partial charge in [-0.15, -0.1) is 0 Å². The molecule has 0 aromatic heterocycles. The molecule has 0 spiro atoms. The van der Waals surface area contributed by atoms with Crippen molar-refractivity contribution in [1.29, 1.82) is 0 Å². The topological polar surface area (TPSA) is 48.4 Å². The largest absolute Gasteiger partial charge is 0.372 e. The van der Waals surface area contributed by atoms with Crippen molar-refractivity contribution in [3.63, 3.8) is 0 Å². The monoisotopic (exact) mass is 200 g/mol. The van der Waals surface area contributed by atoms with Crippen LogP contribution in [0.3, 0.4) is 0 Å². The summed E-state index contributed by atoms with van der Waals surface area (Å²) >= 11 is 0. The maximum atomic E-state index is 4.06. The van der Waals surface area contributed by atoms with Crippen LogP contribution in [-0.2, 0) is 6.54 Å². The Hall–Kier alpha value is -1.81. The van der Waals surface area contributed by atoms with E-state index in [4.69, 9.17) is 0 Å². The summed E-state index contributed by atoms with van der Waals surface area (Å²) in [4.78, 5) is 0. The second kappa shape index (κ2) is 3.40. The van der Waals surface area contributed by atoms with Gasteiger partial charge < -0.3 is 5.32 Å². The van der Waals surface area contributed by atoms with Crippen molar-refractivity contribution in [3.8, 4) is 0 Å². The van der Waals surface area contributed by atoms with Gasteiger partial charge in [0.05, 0.1) is 12.4 Å². The Morgan fingerprint density at radius 1 is 1.27 bits per heavy atom. The summed E-state index contributed by atoms with van der Waals surface area (Å²) in [5.41, 5.74) is 7.77. The molecule has 1 aromatic carbocycles. The van der Waals surface area contributed by atoms with E-state index in [0.29, 0.717) is 0 Å². The highest BCUT2D eigenvalue weighted by Crippen LogP contribution is 2.31. The number of anilines is 2. The van der Waals surface area contributed by atoms with Crippen LogP contribution in [-0.4, -0.2) is 12.9 Å². The fraction of sp³-hybridized carbons (Fsp3) is 0.182. The molecule has 2 heterocycles. The zero-order chi connectivity index (χ0) is 10.1. The van der Waals surface area contributed by atoms with E-state index in [1.807, 2.05) is 6.08 Å². The van der Waals surface area contributed by atoms with Crippen LogP contribution in [0.15, 0.2) is 23.3 Å². The first-order valence-electron chi connectivity index (χ1n) is 5.01. The minimum atomic E-state index is 0.818. The number of nitrogens with zero attached hydrogens (tertiary/aromatic N) is 1. The summed E-state index contributed by atoms with van der Waals surface area (Å²) in [5, 5.41) is 10.7. The van der Waals surface area contributed by atoms with Gasteiger partial charge >= 0.3 is 0 Å². The van der Waals surface area contributed by atoms with E-state index in [1.54, 1.807) is 6.21 Å². The Morgan fingerprint density at radius 2 is 2.27 bits per heavy atom. The van der Waals surface area contributed by atoms with E-state index < -0.39 is 0 Å². The van der Waals surface area contributed by atoms with Gasteiger partial charge in [-0.3, -0.25) is 10.7 Å². The van der Waals surface area contributed by atoms with Crippen LogP contribution < -0.4 is 16.1 Å². The Bertz CT molecular complexity index is 448. The summed E-state index contributed by atoms with van der Waals surface area (Å²) in [6.07, 6.45) is 5.78. The highest BCUT2D eigenvalue weighted by Gasteiger charge is 2.14. The molecule has 3 N–H and O–H groups in total. The lowest BCUT2D eigenvalue weighted by Crippen LogP contribution is -2.28. The van der Waals surface area contributed by atoms with Gasteiger partial charge in [-0.25, -0.2) is 0 Å². The van der Waals surface area contributed by atoms with Gasteiger partial charge in [0, 0.05) is 24.0 Å². The van der Waals surface area contributed by atoms with E-state index in [0.717, 1.165) is 18.9 Å². The Morgan fingerprint density at radius 3 is 3.27 bits per heavy atom. The van der Waals surface area contributed by atoms with Crippen LogP contribution in [0.2, 0.25) is 0 Å². The number of allylic oxidation sites excluding steroid dienone is 1. The lowest BCUT2D eigenvalue weighted by atomic mass is 10.0. The maximum absolute atomic E-state index is 4.06. The number of benzene rings is 1. The molecule has 0 fully saturated rings. The summed E-state index contributed by atoms with van der Waals surface area (Å²) in [6.45, 7) is 1.74. The number of hydrogen-bond donors (Lipinski definition) is 3. The van der Waals surface area contributed by atoms with Gasteiger partial charge in [0.25, 0.3) is 0 Å². The Labute approximate surface area is 88.1 Å². The molecule has 4 heteroatoms. The van der Waals surface area contributed by atoms with Crippen molar-refractivity contribution in [3.05, 3.63) is 29.3 Å². The highest BCUT2D eigenvalue weighted by molar-refractivity contribution is 5.89. The average Bonchev–Trinajstić information content (AvgIpc) is 2.54. The van der Waals surface area contributed by atoms with Gasteiger partial charge in [0.2, 0.25) is 0 Å². The van der Waals surface area contributed by atoms with Crippen LogP contribution in [0.25, 0.3) is 6.08 Å². The highest BCUT2D eigenvalue weighted by atomic mass is 15.3. The molecular formula is C11H12N4. The number of hydrogen-bond acceptors (Lipinski definition) is 4. The van der Waals surface area contributed by atoms with Crippen molar-refractivity contribution >= 4 is 23.7 Å². The first kappa shape index (κ1) is 8.49. The van der Waals surface area contributed by atoms with Crippen molar-refractivity contribution in [2.45, 2.75) is 6.54 Å². The SMILES string of the molecule is C1=Cc2c(ccc3c2NCNC3)NN=C1. The molecule has 0 saturated heterocycles. The second-order valence-electron chi connectivity index (χ2n) is 3.59. The number of rotatable bonds is 0. The van der Waals surface area contributed by atoms with Crippen LogP contribution in [0.4, 0.5) is 11.4 Å². The van der Waals surface area contributed by atoms with E-state index in [2.05, 4.69) is 39.4 Å². The van der Waals surface area contributed by atoms with E-state index in [-0.39, 0.29) is 0 Å². The number of nitrogens with one attached hydrogen (secondary N) is 3. The fourth-order valence-corrected chi connectivity index (χ4v) is 1.93. The summed E-state index contributed by atoms with van der Waals surface area (Å²) in [5.74, 6) is 0. The van der Waals surface area contributed by atoms with Crippen LogP contribution in [0, 0.1) is 0 Å². The fourth-order valence-electron chi connectivity index (χ4n) is 1.93. The molecule has 3 rings (SSSR count). The van der Waals surface area contributed by atoms with E-state index in [9.17, 15) is 0 Å². The molecule has 0 amide bonds. The molecule has 0 radical (unpaired) electrons. The van der Waals surface area contributed by atoms with Gasteiger partial charge in [-0.2, -0.15) is 5.10 Å². The normalized spacial score (nSPS) is 17.1. The van der Waals surface area contributed by atoms with Crippen LogP contribution in [0.5, 0.6) is 0 Å². The molecule has 2 aliphatic heterocycles. The molecule has 1 aromatic rings. The van der Waals surface area contributed by atoms with Crippen molar-refractivity contribution < 1.29 is 0 Å². The van der Waals surface area contributed by atoms with E-state index in [1.165, 1.54) is 16.8 Å². The van der Waals surface area contributed by atoms with Crippen molar-refractivity contribution in [2.75, 3.05) is 17.4 Å². The Balaban J connectivity index is 2.17. The Kier molecular flexibility index (Phi) is 1.93. The lowest BCUT2D eigenvalue weighted by Gasteiger charge is -2.22. The molecule has 2 aliphatic rings. The lowest BCUT2D eigenvalue weighted by molar-refractivity contribution is 0.709. The van der Waals surface area contributed by atoms with Gasteiger partial charge in [-0.1, -0.05) is 6.07 Å². The summed E-state index contributed by atoms with van der Waals surface area (Å²) in [6, 6.07) is 4.19. The maximum Gasteiger partial charge on any atom is 0.0656 e. The quantitative estimate of drug-likeness (QED) is 0.596.